The van der Waals surface area contributed by atoms with E-state index in [1.807, 2.05) is 27.7 Å². The van der Waals surface area contributed by atoms with Crippen LogP contribution in [0.5, 0.6) is 0 Å². The molecule has 0 aliphatic carbocycles. The SMILES string of the molecule is CC1(C)OB(c2ccc(S(=O)(=O)NCCCNS(C)(=O)=O)cc2)OC1(C)C. The van der Waals surface area contributed by atoms with Gasteiger partial charge in [-0.2, -0.15) is 0 Å². The van der Waals surface area contributed by atoms with Crippen molar-refractivity contribution in [3.63, 3.8) is 0 Å². The summed E-state index contributed by atoms with van der Waals surface area (Å²) in [5.41, 5.74) is -0.196. The van der Waals surface area contributed by atoms with Crippen LogP contribution in [0.3, 0.4) is 0 Å². The molecule has 1 saturated heterocycles. The van der Waals surface area contributed by atoms with E-state index >= 15 is 0 Å². The molecule has 0 unspecified atom stereocenters. The van der Waals surface area contributed by atoms with Crippen LogP contribution in [0, 0.1) is 0 Å². The van der Waals surface area contributed by atoms with E-state index < -0.39 is 38.4 Å². The minimum atomic E-state index is -3.67. The molecule has 11 heteroatoms. The van der Waals surface area contributed by atoms with Gasteiger partial charge >= 0.3 is 7.12 Å². The summed E-state index contributed by atoms with van der Waals surface area (Å²) in [5, 5.41) is 0. The van der Waals surface area contributed by atoms with Crippen molar-refractivity contribution in [3.8, 4) is 0 Å². The number of hydrogen-bond acceptors (Lipinski definition) is 6. The zero-order valence-electron chi connectivity index (χ0n) is 16.3. The van der Waals surface area contributed by atoms with Gasteiger partial charge in [-0.3, -0.25) is 0 Å². The number of benzene rings is 1. The molecule has 0 aromatic heterocycles. The molecule has 8 nitrogen and oxygen atoms in total. The first-order valence-electron chi connectivity index (χ1n) is 8.63. The number of nitrogens with one attached hydrogen (secondary N) is 2. The summed E-state index contributed by atoms with van der Waals surface area (Å²) >= 11 is 0. The van der Waals surface area contributed by atoms with Crippen LogP contribution in [0.25, 0.3) is 0 Å². The van der Waals surface area contributed by atoms with Crippen molar-refractivity contribution in [2.24, 2.45) is 0 Å². The quantitative estimate of drug-likeness (QED) is 0.461. The zero-order chi connectivity index (χ0) is 20.5. The van der Waals surface area contributed by atoms with Gasteiger partial charge in [-0.15, -0.1) is 0 Å². The smallest absolute Gasteiger partial charge is 0.399 e. The molecule has 2 N–H and O–H groups in total. The minimum Gasteiger partial charge on any atom is -0.399 e. The van der Waals surface area contributed by atoms with Crippen molar-refractivity contribution in [3.05, 3.63) is 24.3 Å². The fraction of sp³-hybridized carbons (Fsp3) is 0.625. The Bertz CT molecular complexity index is 851. The molecule has 0 bridgehead atoms. The molecule has 2 rings (SSSR count). The average molecular weight is 418 g/mol. The zero-order valence-corrected chi connectivity index (χ0v) is 17.9. The predicted molar refractivity (Wildman–Crippen MR) is 105 cm³/mol. The summed E-state index contributed by atoms with van der Waals surface area (Å²) in [4.78, 5) is 0.124. The molecule has 1 aliphatic heterocycles. The largest absolute Gasteiger partial charge is 0.494 e. The van der Waals surface area contributed by atoms with Gasteiger partial charge in [0.15, 0.2) is 0 Å². The summed E-state index contributed by atoms with van der Waals surface area (Å²) < 4.78 is 63.2. The fourth-order valence-electron chi connectivity index (χ4n) is 2.42. The standard InChI is InChI=1S/C16H27BN2O6S2/c1-15(2)16(3,4)25-17(24-15)13-7-9-14(10-8-13)27(22,23)19-12-6-11-18-26(5,20)21/h7-10,18-19H,6,11-12H2,1-5H3. The lowest BCUT2D eigenvalue weighted by Crippen LogP contribution is -2.41. The predicted octanol–water partition coefficient (Wildman–Crippen LogP) is 0.203. The summed E-state index contributed by atoms with van der Waals surface area (Å²) in [6.45, 7) is 8.11. The molecule has 152 valence electrons. The maximum Gasteiger partial charge on any atom is 0.494 e. The van der Waals surface area contributed by atoms with Crippen molar-refractivity contribution < 1.29 is 26.1 Å². The van der Waals surface area contributed by atoms with Gasteiger partial charge in [-0.1, -0.05) is 12.1 Å². The Morgan fingerprint density at radius 3 is 1.85 bits per heavy atom. The second-order valence-corrected chi connectivity index (χ2v) is 11.2. The van der Waals surface area contributed by atoms with Crippen LogP contribution in [-0.4, -0.2) is 54.5 Å². The third-order valence-electron chi connectivity index (χ3n) is 4.73. The lowest BCUT2D eigenvalue weighted by Gasteiger charge is -2.32. The Morgan fingerprint density at radius 2 is 1.37 bits per heavy atom. The van der Waals surface area contributed by atoms with Crippen molar-refractivity contribution in [1.29, 1.82) is 0 Å². The summed E-state index contributed by atoms with van der Waals surface area (Å²) in [6, 6.07) is 6.33. The van der Waals surface area contributed by atoms with Crippen molar-refractivity contribution in [2.75, 3.05) is 19.3 Å². The molecule has 0 atom stereocenters. The van der Waals surface area contributed by atoms with Crippen molar-refractivity contribution in [1.82, 2.24) is 9.44 Å². The second kappa shape index (κ2) is 7.80. The van der Waals surface area contributed by atoms with Crippen LogP contribution in [0.1, 0.15) is 34.1 Å². The third-order valence-corrected chi connectivity index (χ3v) is 6.93. The van der Waals surface area contributed by atoms with Crippen LogP contribution in [0.15, 0.2) is 29.2 Å². The highest BCUT2D eigenvalue weighted by Crippen LogP contribution is 2.36. The maximum atomic E-state index is 12.3. The highest BCUT2D eigenvalue weighted by molar-refractivity contribution is 7.89. The number of hydrogen-bond donors (Lipinski definition) is 2. The molecule has 0 saturated carbocycles. The Labute approximate surface area is 162 Å². The normalized spacial score (nSPS) is 19.4. The highest BCUT2D eigenvalue weighted by atomic mass is 32.2. The van der Waals surface area contributed by atoms with Crippen LogP contribution in [0.2, 0.25) is 0 Å². The first-order valence-corrected chi connectivity index (χ1v) is 12.0. The molecule has 1 aromatic rings. The maximum absolute atomic E-state index is 12.3. The van der Waals surface area contributed by atoms with Crippen molar-refractivity contribution >= 4 is 32.6 Å². The van der Waals surface area contributed by atoms with E-state index in [4.69, 9.17) is 9.31 Å². The average Bonchev–Trinajstić information content (AvgIpc) is 2.74. The van der Waals surface area contributed by atoms with E-state index in [2.05, 4.69) is 9.44 Å². The van der Waals surface area contributed by atoms with Crippen LogP contribution in [0.4, 0.5) is 0 Å². The van der Waals surface area contributed by atoms with Crippen molar-refractivity contribution in [2.45, 2.75) is 50.2 Å². The molecular formula is C16H27BN2O6S2. The van der Waals surface area contributed by atoms with E-state index in [0.29, 0.717) is 6.42 Å². The molecule has 1 aliphatic rings. The topological polar surface area (TPSA) is 111 Å². The van der Waals surface area contributed by atoms with E-state index in [0.717, 1.165) is 11.7 Å². The minimum absolute atomic E-state index is 0.124. The van der Waals surface area contributed by atoms with Gasteiger partial charge in [0, 0.05) is 13.1 Å². The molecule has 1 aromatic carbocycles. The third kappa shape index (κ3) is 5.75. The van der Waals surface area contributed by atoms with Gasteiger partial charge < -0.3 is 9.31 Å². The highest BCUT2D eigenvalue weighted by Gasteiger charge is 2.51. The molecule has 0 spiro atoms. The second-order valence-electron chi connectivity index (χ2n) is 7.58. The van der Waals surface area contributed by atoms with Crippen LogP contribution < -0.4 is 14.9 Å². The molecule has 0 amide bonds. The lowest BCUT2D eigenvalue weighted by atomic mass is 9.79. The Morgan fingerprint density at radius 1 is 0.889 bits per heavy atom. The molecule has 27 heavy (non-hydrogen) atoms. The molecule has 1 heterocycles. The van der Waals surface area contributed by atoms with Gasteiger partial charge in [0.05, 0.1) is 22.4 Å². The molecule has 0 radical (unpaired) electrons. The summed E-state index contributed by atoms with van der Waals surface area (Å²) in [7, 11) is -7.50. The first-order chi connectivity index (χ1) is 12.2. The van der Waals surface area contributed by atoms with Crippen LogP contribution in [-0.2, 0) is 29.4 Å². The Kier molecular flexibility index (Phi) is 6.45. The summed E-state index contributed by atoms with van der Waals surface area (Å²) in [6.07, 6.45) is 1.40. The fourth-order valence-corrected chi connectivity index (χ4v) is 4.01. The van der Waals surface area contributed by atoms with Gasteiger partial charge in [-0.05, 0) is 51.7 Å². The van der Waals surface area contributed by atoms with Gasteiger partial charge in [0.1, 0.15) is 0 Å². The lowest BCUT2D eigenvalue weighted by molar-refractivity contribution is 0.00578. The first kappa shape index (κ1) is 22.3. The number of rotatable bonds is 8. The van der Waals surface area contributed by atoms with E-state index in [-0.39, 0.29) is 18.0 Å². The van der Waals surface area contributed by atoms with E-state index in [1.165, 1.54) is 12.1 Å². The number of sulfonamides is 2. The van der Waals surface area contributed by atoms with E-state index in [9.17, 15) is 16.8 Å². The van der Waals surface area contributed by atoms with Crippen LogP contribution >= 0.6 is 0 Å². The molecular weight excluding hydrogens is 391 g/mol. The van der Waals surface area contributed by atoms with Gasteiger partial charge in [0.25, 0.3) is 0 Å². The van der Waals surface area contributed by atoms with Gasteiger partial charge in [0.2, 0.25) is 20.0 Å². The Balaban J connectivity index is 1.96. The summed E-state index contributed by atoms with van der Waals surface area (Å²) in [5.74, 6) is 0. The van der Waals surface area contributed by atoms with Gasteiger partial charge in [-0.25, -0.2) is 26.3 Å². The van der Waals surface area contributed by atoms with E-state index in [1.54, 1.807) is 12.1 Å². The molecule has 1 fully saturated rings. The monoisotopic (exact) mass is 418 g/mol. The Hall–Kier alpha value is -0.975.